The number of hydrogen-bond donors (Lipinski definition) is 1. The van der Waals surface area contributed by atoms with Gasteiger partial charge in [0.15, 0.2) is 0 Å². The SMILES string of the molecule is CN(C1CCC(N)CC1)C1CCN(C(=O)CC(C)(C)C)CC1. The van der Waals surface area contributed by atoms with Gasteiger partial charge < -0.3 is 15.5 Å². The largest absolute Gasteiger partial charge is 0.343 e. The summed E-state index contributed by atoms with van der Waals surface area (Å²) in [5, 5.41) is 0. The summed E-state index contributed by atoms with van der Waals surface area (Å²) in [5.41, 5.74) is 6.10. The first kappa shape index (κ1) is 17.7. The van der Waals surface area contributed by atoms with Crippen LogP contribution in [0.2, 0.25) is 0 Å². The van der Waals surface area contributed by atoms with E-state index in [9.17, 15) is 4.79 Å². The lowest BCUT2D eigenvalue weighted by Crippen LogP contribution is -2.50. The summed E-state index contributed by atoms with van der Waals surface area (Å²) in [6.07, 6.45) is 7.70. The number of carbonyl (C=O) groups is 1. The molecule has 2 fully saturated rings. The number of nitrogens with two attached hydrogens (primary N) is 1. The molecule has 1 amide bonds. The Balaban J connectivity index is 1.78. The van der Waals surface area contributed by atoms with E-state index in [2.05, 4.69) is 37.6 Å². The van der Waals surface area contributed by atoms with Crippen molar-refractivity contribution in [1.29, 1.82) is 0 Å². The Kier molecular flexibility index (Phi) is 5.89. The van der Waals surface area contributed by atoms with Crippen LogP contribution in [0.15, 0.2) is 0 Å². The van der Waals surface area contributed by atoms with E-state index < -0.39 is 0 Å². The highest BCUT2D eigenvalue weighted by Crippen LogP contribution is 2.27. The fourth-order valence-corrected chi connectivity index (χ4v) is 3.90. The van der Waals surface area contributed by atoms with Gasteiger partial charge >= 0.3 is 0 Å². The molecule has 1 heterocycles. The van der Waals surface area contributed by atoms with Gasteiger partial charge in [-0.25, -0.2) is 0 Å². The molecular weight excluding hydrogens is 274 g/mol. The highest BCUT2D eigenvalue weighted by atomic mass is 16.2. The zero-order valence-corrected chi connectivity index (χ0v) is 15.0. The summed E-state index contributed by atoms with van der Waals surface area (Å²) < 4.78 is 0. The molecule has 1 saturated carbocycles. The van der Waals surface area contributed by atoms with Crippen molar-refractivity contribution in [2.45, 2.75) is 83.8 Å². The summed E-state index contributed by atoms with van der Waals surface area (Å²) in [4.78, 5) is 17.0. The van der Waals surface area contributed by atoms with Gasteiger partial charge in [-0.3, -0.25) is 4.79 Å². The van der Waals surface area contributed by atoms with Gasteiger partial charge in [-0.1, -0.05) is 20.8 Å². The molecular formula is C18H35N3O. The molecule has 0 atom stereocenters. The summed E-state index contributed by atoms with van der Waals surface area (Å²) >= 11 is 0. The topological polar surface area (TPSA) is 49.6 Å². The molecule has 0 unspecified atom stereocenters. The van der Waals surface area contributed by atoms with Crippen LogP contribution in [-0.4, -0.2) is 54.0 Å². The van der Waals surface area contributed by atoms with Crippen molar-refractivity contribution in [2.75, 3.05) is 20.1 Å². The molecule has 1 saturated heterocycles. The third kappa shape index (κ3) is 4.95. The number of carbonyl (C=O) groups excluding carboxylic acids is 1. The van der Waals surface area contributed by atoms with Gasteiger partial charge in [-0.15, -0.1) is 0 Å². The molecule has 22 heavy (non-hydrogen) atoms. The molecule has 0 radical (unpaired) electrons. The van der Waals surface area contributed by atoms with Crippen molar-refractivity contribution < 1.29 is 4.79 Å². The lowest BCUT2D eigenvalue weighted by Gasteiger charge is -2.42. The number of nitrogens with zero attached hydrogens (tertiary/aromatic N) is 2. The minimum Gasteiger partial charge on any atom is -0.343 e. The van der Waals surface area contributed by atoms with E-state index in [4.69, 9.17) is 5.73 Å². The molecule has 4 heteroatoms. The molecule has 0 bridgehead atoms. The van der Waals surface area contributed by atoms with Crippen LogP contribution in [0.3, 0.4) is 0 Å². The summed E-state index contributed by atoms with van der Waals surface area (Å²) in [5.74, 6) is 0.331. The van der Waals surface area contributed by atoms with Crippen LogP contribution in [-0.2, 0) is 4.79 Å². The van der Waals surface area contributed by atoms with Crippen LogP contribution < -0.4 is 5.73 Å². The smallest absolute Gasteiger partial charge is 0.223 e. The zero-order valence-electron chi connectivity index (χ0n) is 15.0. The Morgan fingerprint density at radius 3 is 2.05 bits per heavy atom. The van der Waals surface area contributed by atoms with Crippen LogP contribution in [0.4, 0.5) is 0 Å². The van der Waals surface area contributed by atoms with E-state index in [-0.39, 0.29) is 5.41 Å². The van der Waals surface area contributed by atoms with Gasteiger partial charge in [0.2, 0.25) is 5.91 Å². The molecule has 128 valence electrons. The molecule has 1 aliphatic carbocycles. The number of rotatable bonds is 3. The Morgan fingerprint density at radius 2 is 1.55 bits per heavy atom. The molecule has 4 nitrogen and oxygen atoms in total. The number of amides is 1. The Labute approximate surface area is 136 Å². The van der Waals surface area contributed by atoms with E-state index in [1.807, 2.05) is 0 Å². The lowest BCUT2D eigenvalue weighted by molar-refractivity contribution is -0.134. The van der Waals surface area contributed by atoms with Gasteiger partial charge in [0, 0.05) is 37.6 Å². The van der Waals surface area contributed by atoms with E-state index in [0.717, 1.165) is 38.8 Å². The van der Waals surface area contributed by atoms with Crippen molar-refractivity contribution in [3.8, 4) is 0 Å². The second-order valence-corrected chi connectivity index (χ2v) is 8.58. The fourth-order valence-electron chi connectivity index (χ4n) is 3.90. The monoisotopic (exact) mass is 309 g/mol. The minimum absolute atomic E-state index is 0.0889. The molecule has 2 rings (SSSR count). The summed E-state index contributed by atoms with van der Waals surface area (Å²) in [6.45, 7) is 8.27. The first-order valence-corrected chi connectivity index (χ1v) is 9.01. The Bertz CT molecular complexity index is 361. The average Bonchev–Trinajstić information content (AvgIpc) is 2.46. The van der Waals surface area contributed by atoms with E-state index >= 15 is 0 Å². The van der Waals surface area contributed by atoms with Crippen molar-refractivity contribution in [3.63, 3.8) is 0 Å². The Morgan fingerprint density at radius 1 is 1.05 bits per heavy atom. The first-order chi connectivity index (χ1) is 10.3. The number of piperidine rings is 1. The second kappa shape index (κ2) is 7.31. The molecule has 0 aromatic carbocycles. The maximum atomic E-state index is 12.3. The van der Waals surface area contributed by atoms with Gasteiger partial charge in [-0.05, 0) is 51.0 Å². The molecule has 1 aliphatic heterocycles. The van der Waals surface area contributed by atoms with Crippen molar-refractivity contribution in [1.82, 2.24) is 9.80 Å². The van der Waals surface area contributed by atoms with E-state index in [0.29, 0.717) is 30.5 Å². The van der Waals surface area contributed by atoms with Gasteiger partial charge in [0.25, 0.3) is 0 Å². The highest BCUT2D eigenvalue weighted by molar-refractivity contribution is 5.76. The third-order valence-electron chi connectivity index (χ3n) is 5.39. The zero-order chi connectivity index (χ0) is 16.3. The summed E-state index contributed by atoms with van der Waals surface area (Å²) in [7, 11) is 2.28. The average molecular weight is 309 g/mol. The van der Waals surface area contributed by atoms with Crippen molar-refractivity contribution in [3.05, 3.63) is 0 Å². The van der Waals surface area contributed by atoms with E-state index in [1.54, 1.807) is 0 Å². The number of hydrogen-bond acceptors (Lipinski definition) is 3. The maximum absolute atomic E-state index is 12.3. The standard InChI is InChI=1S/C18H35N3O/c1-18(2,3)13-17(22)21-11-9-16(10-12-21)20(4)15-7-5-14(19)6-8-15/h14-16H,5-13,19H2,1-4H3. The highest BCUT2D eigenvalue weighted by Gasteiger charge is 2.31. The predicted molar refractivity (Wildman–Crippen MR) is 91.7 cm³/mol. The van der Waals surface area contributed by atoms with Crippen molar-refractivity contribution >= 4 is 5.91 Å². The molecule has 0 aromatic heterocycles. The fraction of sp³-hybridized carbons (Fsp3) is 0.944. The maximum Gasteiger partial charge on any atom is 0.223 e. The molecule has 2 N–H and O–H groups in total. The quantitative estimate of drug-likeness (QED) is 0.872. The first-order valence-electron chi connectivity index (χ1n) is 9.01. The van der Waals surface area contributed by atoms with Crippen LogP contribution in [0.25, 0.3) is 0 Å². The van der Waals surface area contributed by atoms with Crippen LogP contribution in [0, 0.1) is 5.41 Å². The third-order valence-corrected chi connectivity index (χ3v) is 5.39. The normalized spacial score (nSPS) is 28.2. The predicted octanol–water partition coefficient (Wildman–Crippen LogP) is 2.62. The second-order valence-electron chi connectivity index (χ2n) is 8.58. The van der Waals surface area contributed by atoms with Gasteiger partial charge in [-0.2, -0.15) is 0 Å². The van der Waals surface area contributed by atoms with Gasteiger partial charge in [0.1, 0.15) is 0 Å². The Hall–Kier alpha value is -0.610. The molecule has 0 spiro atoms. The van der Waals surface area contributed by atoms with Crippen LogP contribution >= 0.6 is 0 Å². The van der Waals surface area contributed by atoms with E-state index in [1.165, 1.54) is 12.8 Å². The van der Waals surface area contributed by atoms with Gasteiger partial charge in [0.05, 0.1) is 0 Å². The number of likely N-dealkylation sites (tertiary alicyclic amines) is 1. The van der Waals surface area contributed by atoms with Crippen LogP contribution in [0.5, 0.6) is 0 Å². The molecule has 2 aliphatic rings. The minimum atomic E-state index is 0.0889. The van der Waals surface area contributed by atoms with Crippen LogP contribution in [0.1, 0.15) is 65.7 Å². The molecule has 0 aromatic rings. The summed E-state index contributed by atoms with van der Waals surface area (Å²) in [6, 6.07) is 1.75. The lowest BCUT2D eigenvalue weighted by atomic mass is 9.88. The van der Waals surface area contributed by atoms with Crippen molar-refractivity contribution in [2.24, 2.45) is 11.1 Å².